The molecule has 0 aliphatic carbocycles. The molecule has 0 saturated heterocycles. The van der Waals surface area contributed by atoms with E-state index in [2.05, 4.69) is 4.98 Å². The number of fused-ring (bicyclic) bond motifs is 1. The Morgan fingerprint density at radius 1 is 1.07 bits per heavy atom. The largest absolute Gasteiger partial charge is 0.478 e. The number of aromatic amines is 1. The third kappa shape index (κ3) is 1.54. The van der Waals surface area contributed by atoms with Crippen LogP contribution in [0.4, 0.5) is 0 Å². The van der Waals surface area contributed by atoms with Gasteiger partial charge >= 0.3 is 11.9 Å². The zero-order valence-electron chi connectivity index (χ0n) is 7.52. The van der Waals surface area contributed by atoms with Crippen molar-refractivity contribution in [2.24, 2.45) is 0 Å². The minimum absolute atomic E-state index is 0.0486. The molecule has 0 bridgehead atoms. The molecule has 1 aromatic carbocycles. The minimum Gasteiger partial charge on any atom is -0.478 e. The van der Waals surface area contributed by atoms with Gasteiger partial charge in [0, 0.05) is 10.9 Å². The lowest BCUT2D eigenvalue weighted by molar-refractivity contribution is 0.0683. The summed E-state index contributed by atoms with van der Waals surface area (Å²) in [6.45, 7) is 0. The fourth-order valence-corrected chi connectivity index (χ4v) is 1.38. The molecule has 5 nitrogen and oxygen atoms in total. The Labute approximate surface area is 84.0 Å². The number of rotatable bonds is 2. The summed E-state index contributed by atoms with van der Waals surface area (Å²) in [6, 6.07) is 5.81. The number of aromatic nitrogens is 1. The first-order chi connectivity index (χ1) is 7.08. The molecule has 0 aliphatic heterocycles. The van der Waals surface area contributed by atoms with Gasteiger partial charge in [0.1, 0.15) is 5.69 Å². The molecular formula is C10H7NO4. The van der Waals surface area contributed by atoms with Crippen LogP contribution in [0.2, 0.25) is 0 Å². The molecule has 5 heteroatoms. The van der Waals surface area contributed by atoms with E-state index < -0.39 is 11.9 Å². The van der Waals surface area contributed by atoms with Gasteiger partial charge in [-0.2, -0.15) is 0 Å². The number of nitrogens with one attached hydrogen (secondary N) is 1. The SMILES string of the molecule is O=C(O)c1ccc2[nH]c(C(=O)O)cc2c1. The van der Waals surface area contributed by atoms with Crippen LogP contribution in [0, 0.1) is 0 Å². The maximum atomic E-state index is 10.7. The summed E-state index contributed by atoms with van der Waals surface area (Å²) >= 11 is 0. The summed E-state index contributed by atoms with van der Waals surface area (Å²) in [7, 11) is 0. The Bertz CT molecular complexity index is 544. The molecule has 76 valence electrons. The summed E-state index contributed by atoms with van der Waals surface area (Å²) in [5.74, 6) is -2.10. The minimum atomic E-state index is -1.07. The number of carboxylic acids is 2. The van der Waals surface area contributed by atoms with Crippen molar-refractivity contribution in [2.75, 3.05) is 0 Å². The molecule has 2 rings (SSSR count). The highest BCUT2D eigenvalue weighted by Gasteiger charge is 2.09. The number of H-pyrrole nitrogens is 1. The van der Waals surface area contributed by atoms with E-state index in [0.717, 1.165) is 0 Å². The normalized spacial score (nSPS) is 10.4. The average molecular weight is 205 g/mol. The Balaban J connectivity index is 2.62. The molecule has 0 fully saturated rings. The Kier molecular flexibility index (Phi) is 1.93. The van der Waals surface area contributed by atoms with Crippen LogP contribution < -0.4 is 0 Å². The van der Waals surface area contributed by atoms with E-state index in [4.69, 9.17) is 10.2 Å². The van der Waals surface area contributed by atoms with Gasteiger partial charge in [0.2, 0.25) is 0 Å². The predicted molar refractivity (Wildman–Crippen MR) is 52.2 cm³/mol. The fourth-order valence-electron chi connectivity index (χ4n) is 1.38. The van der Waals surface area contributed by atoms with Crippen LogP contribution in [0.15, 0.2) is 24.3 Å². The number of hydrogen-bond acceptors (Lipinski definition) is 2. The first kappa shape index (κ1) is 9.26. The molecule has 1 heterocycles. The molecule has 2 aromatic rings. The van der Waals surface area contributed by atoms with Crippen LogP contribution >= 0.6 is 0 Å². The van der Waals surface area contributed by atoms with Gasteiger partial charge in [-0.25, -0.2) is 9.59 Å². The van der Waals surface area contributed by atoms with Gasteiger partial charge in [-0.15, -0.1) is 0 Å². The molecule has 15 heavy (non-hydrogen) atoms. The van der Waals surface area contributed by atoms with E-state index in [1.165, 1.54) is 18.2 Å². The zero-order chi connectivity index (χ0) is 11.0. The van der Waals surface area contributed by atoms with Crippen molar-refractivity contribution in [3.05, 3.63) is 35.5 Å². The summed E-state index contributed by atoms with van der Waals surface area (Å²) in [4.78, 5) is 24.0. The van der Waals surface area contributed by atoms with Crippen LogP contribution in [0.25, 0.3) is 10.9 Å². The second kappa shape index (κ2) is 3.13. The lowest BCUT2D eigenvalue weighted by Gasteiger charge is -1.93. The van der Waals surface area contributed by atoms with Gasteiger partial charge in [-0.1, -0.05) is 0 Å². The first-order valence-corrected chi connectivity index (χ1v) is 4.17. The lowest BCUT2D eigenvalue weighted by atomic mass is 10.1. The topological polar surface area (TPSA) is 90.4 Å². The van der Waals surface area contributed by atoms with Crippen LogP contribution in [0.5, 0.6) is 0 Å². The van der Waals surface area contributed by atoms with Gasteiger partial charge < -0.3 is 15.2 Å². The highest BCUT2D eigenvalue weighted by molar-refractivity contribution is 5.97. The van der Waals surface area contributed by atoms with Crippen LogP contribution in [-0.4, -0.2) is 27.1 Å². The number of benzene rings is 1. The molecule has 0 saturated carbocycles. The Hall–Kier alpha value is -2.30. The van der Waals surface area contributed by atoms with E-state index in [1.54, 1.807) is 6.07 Å². The van der Waals surface area contributed by atoms with Gasteiger partial charge in [-0.05, 0) is 24.3 Å². The number of carboxylic acid groups (broad SMARTS) is 2. The third-order valence-corrected chi connectivity index (χ3v) is 2.10. The van der Waals surface area contributed by atoms with Crippen molar-refractivity contribution in [3.8, 4) is 0 Å². The standard InChI is InChI=1S/C10H7NO4/c12-9(13)5-1-2-7-6(3-5)4-8(11-7)10(14)15/h1-4,11H,(H,12,13)(H,14,15). The number of carbonyl (C=O) groups is 2. The molecule has 0 unspecified atom stereocenters. The van der Waals surface area contributed by atoms with Crippen molar-refractivity contribution in [1.82, 2.24) is 4.98 Å². The summed E-state index contributed by atoms with van der Waals surface area (Å²) in [5, 5.41) is 18.0. The average Bonchev–Trinajstić information content (AvgIpc) is 2.59. The molecule has 0 spiro atoms. The summed E-state index contributed by atoms with van der Waals surface area (Å²) < 4.78 is 0. The second-order valence-corrected chi connectivity index (χ2v) is 3.10. The van der Waals surface area contributed by atoms with E-state index in [9.17, 15) is 9.59 Å². The number of aromatic carboxylic acids is 2. The lowest BCUT2D eigenvalue weighted by Crippen LogP contribution is -1.94. The third-order valence-electron chi connectivity index (χ3n) is 2.10. The maximum Gasteiger partial charge on any atom is 0.352 e. The quantitative estimate of drug-likeness (QED) is 0.693. The second-order valence-electron chi connectivity index (χ2n) is 3.10. The van der Waals surface area contributed by atoms with Crippen molar-refractivity contribution in [2.45, 2.75) is 0 Å². The van der Waals surface area contributed by atoms with E-state index >= 15 is 0 Å². The maximum absolute atomic E-state index is 10.7. The molecule has 3 N–H and O–H groups in total. The van der Waals surface area contributed by atoms with Crippen molar-refractivity contribution < 1.29 is 19.8 Å². The van der Waals surface area contributed by atoms with Gasteiger partial charge in [0.05, 0.1) is 5.56 Å². The molecular weight excluding hydrogens is 198 g/mol. The van der Waals surface area contributed by atoms with E-state index in [1.807, 2.05) is 0 Å². The molecule has 0 atom stereocenters. The summed E-state index contributed by atoms with van der Waals surface area (Å²) in [5.41, 5.74) is 0.795. The van der Waals surface area contributed by atoms with Gasteiger partial charge in [0.15, 0.2) is 0 Å². The van der Waals surface area contributed by atoms with Crippen LogP contribution in [0.3, 0.4) is 0 Å². The highest BCUT2D eigenvalue weighted by atomic mass is 16.4. The summed E-state index contributed by atoms with van der Waals surface area (Å²) in [6.07, 6.45) is 0. The van der Waals surface area contributed by atoms with E-state index in [-0.39, 0.29) is 11.3 Å². The van der Waals surface area contributed by atoms with Crippen molar-refractivity contribution in [3.63, 3.8) is 0 Å². The van der Waals surface area contributed by atoms with Gasteiger partial charge in [0.25, 0.3) is 0 Å². The zero-order valence-corrected chi connectivity index (χ0v) is 7.52. The molecule has 0 amide bonds. The Morgan fingerprint density at radius 3 is 2.40 bits per heavy atom. The first-order valence-electron chi connectivity index (χ1n) is 4.17. The monoisotopic (exact) mass is 205 g/mol. The van der Waals surface area contributed by atoms with Crippen LogP contribution in [0.1, 0.15) is 20.8 Å². The number of hydrogen-bond donors (Lipinski definition) is 3. The fraction of sp³-hybridized carbons (Fsp3) is 0. The molecule has 0 aliphatic rings. The van der Waals surface area contributed by atoms with Gasteiger partial charge in [-0.3, -0.25) is 0 Å². The molecule has 0 radical (unpaired) electrons. The van der Waals surface area contributed by atoms with E-state index in [0.29, 0.717) is 10.9 Å². The highest BCUT2D eigenvalue weighted by Crippen LogP contribution is 2.17. The Morgan fingerprint density at radius 2 is 1.80 bits per heavy atom. The van der Waals surface area contributed by atoms with Crippen molar-refractivity contribution in [1.29, 1.82) is 0 Å². The predicted octanol–water partition coefficient (Wildman–Crippen LogP) is 1.56. The molecule has 1 aromatic heterocycles. The smallest absolute Gasteiger partial charge is 0.352 e. The van der Waals surface area contributed by atoms with Crippen LogP contribution in [-0.2, 0) is 0 Å². The van der Waals surface area contributed by atoms with Crippen molar-refractivity contribution >= 4 is 22.8 Å².